The summed E-state index contributed by atoms with van der Waals surface area (Å²) >= 11 is 0. The van der Waals surface area contributed by atoms with Crippen LogP contribution in [0.15, 0.2) is 43.1 Å². The first-order chi connectivity index (χ1) is 17.2. The zero-order valence-electron chi connectivity index (χ0n) is 19.8. The maximum absolute atomic E-state index is 11.8. The molecule has 2 aromatic rings. The summed E-state index contributed by atoms with van der Waals surface area (Å²) in [5.41, 5.74) is 4.22. The van der Waals surface area contributed by atoms with Gasteiger partial charge in [-0.2, -0.15) is 0 Å². The maximum atomic E-state index is 11.8. The zero-order chi connectivity index (χ0) is 23.8. The van der Waals surface area contributed by atoms with Crippen LogP contribution in [-0.2, 0) is 20.9 Å². The topological polar surface area (TPSA) is 79.4 Å². The second-order valence-electron chi connectivity index (χ2n) is 9.38. The van der Waals surface area contributed by atoms with Crippen molar-refractivity contribution in [3.63, 3.8) is 0 Å². The molecule has 4 aliphatic rings. The fraction of sp³-hybridized carbons (Fsp3) is 0.462. The van der Waals surface area contributed by atoms with Crippen LogP contribution in [0.1, 0.15) is 17.2 Å². The Hall–Kier alpha value is -3.14. The molecular formula is C26H31N5O4. The number of nitrogens with zero attached hydrogens (tertiary/aromatic N) is 4. The molecule has 3 saturated heterocycles. The largest absolute Gasteiger partial charge is 0.486 e. The van der Waals surface area contributed by atoms with Gasteiger partial charge in [-0.3, -0.25) is 9.69 Å². The Labute approximate surface area is 205 Å². The summed E-state index contributed by atoms with van der Waals surface area (Å²) in [7, 11) is 0. The molecule has 1 aromatic heterocycles. The van der Waals surface area contributed by atoms with Gasteiger partial charge in [0.2, 0.25) is 5.91 Å². The van der Waals surface area contributed by atoms with Gasteiger partial charge >= 0.3 is 0 Å². The van der Waals surface area contributed by atoms with Crippen molar-refractivity contribution in [1.82, 2.24) is 14.8 Å². The molecule has 9 nitrogen and oxygen atoms in total. The van der Waals surface area contributed by atoms with E-state index in [4.69, 9.17) is 14.2 Å². The standard InChI is InChI=1S/C26H31N5O4/c1-2-25(32)31-14-19(15-31)30-9-12-34-24(16-30)18-3-4-21-23(13-18)35-17-20-22(5-6-27-26(20)28-21)29-7-10-33-11-8-29/h2-6,13,19,24H,1,7-12,14-17H2,(H,27,28). The quantitative estimate of drug-likeness (QED) is 0.673. The minimum Gasteiger partial charge on any atom is -0.486 e. The lowest BCUT2D eigenvalue weighted by molar-refractivity contribution is -0.136. The number of fused-ring (bicyclic) bond motifs is 2. The number of pyridine rings is 1. The third-order valence-electron chi connectivity index (χ3n) is 7.35. The van der Waals surface area contributed by atoms with E-state index in [1.807, 2.05) is 11.1 Å². The molecule has 0 radical (unpaired) electrons. The summed E-state index contributed by atoms with van der Waals surface area (Å²) in [5.74, 6) is 1.65. The van der Waals surface area contributed by atoms with Crippen molar-refractivity contribution in [3.8, 4) is 5.75 Å². The van der Waals surface area contributed by atoms with Crippen LogP contribution in [0.4, 0.5) is 17.2 Å². The van der Waals surface area contributed by atoms with Crippen molar-refractivity contribution in [1.29, 1.82) is 0 Å². The zero-order valence-corrected chi connectivity index (χ0v) is 19.8. The van der Waals surface area contributed by atoms with Gasteiger partial charge in [-0.05, 0) is 29.8 Å². The molecule has 1 N–H and O–H groups in total. The van der Waals surface area contributed by atoms with Crippen molar-refractivity contribution in [3.05, 3.63) is 54.2 Å². The van der Waals surface area contributed by atoms with Crippen LogP contribution in [0.5, 0.6) is 5.75 Å². The van der Waals surface area contributed by atoms with Crippen LogP contribution in [-0.4, -0.2) is 85.8 Å². The Morgan fingerprint density at radius 1 is 1.11 bits per heavy atom. The average molecular weight is 478 g/mol. The number of morpholine rings is 2. The van der Waals surface area contributed by atoms with E-state index in [2.05, 4.69) is 50.9 Å². The first-order valence-corrected chi connectivity index (χ1v) is 12.3. The second-order valence-corrected chi connectivity index (χ2v) is 9.38. The molecular weight excluding hydrogens is 446 g/mol. The third-order valence-corrected chi connectivity index (χ3v) is 7.35. The van der Waals surface area contributed by atoms with Crippen molar-refractivity contribution >= 4 is 23.1 Å². The highest BCUT2D eigenvalue weighted by Gasteiger charge is 2.36. The number of aromatic nitrogens is 1. The number of rotatable bonds is 4. The number of likely N-dealkylation sites (tertiary alicyclic amines) is 1. The second kappa shape index (κ2) is 9.49. The van der Waals surface area contributed by atoms with Gasteiger partial charge in [0.05, 0.1) is 37.2 Å². The summed E-state index contributed by atoms with van der Waals surface area (Å²) in [6, 6.07) is 8.69. The number of hydrogen-bond acceptors (Lipinski definition) is 8. The fourth-order valence-corrected chi connectivity index (χ4v) is 5.27. The normalized spacial score (nSPS) is 22.7. The van der Waals surface area contributed by atoms with E-state index in [0.29, 0.717) is 19.3 Å². The maximum Gasteiger partial charge on any atom is 0.246 e. The molecule has 0 saturated carbocycles. The van der Waals surface area contributed by atoms with Crippen LogP contribution in [0.3, 0.4) is 0 Å². The summed E-state index contributed by atoms with van der Waals surface area (Å²) in [4.78, 5) is 23.0. The lowest BCUT2D eigenvalue weighted by atomic mass is 10.0. The molecule has 184 valence electrons. The lowest BCUT2D eigenvalue weighted by Gasteiger charge is -2.47. The molecule has 1 unspecified atom stereocenters. The highest BCUT2D eigenvalue weighted by atomic mass is 16.5. The molecule has 0 aliphatic carbocycles. The van der Waals surface area contributed by atoms with Gasteiger partial charge in [0, 0.05) is 57.2 Å². The first kappa shape index (κ1) is 22.3. The molecule has 3 fully saturated rings. The van der Waals surface area contributed by atoms with Gasteiger partial charge in [-0.25, -0.2) is 4.98 Å². The average Bonchev–Trinajstić information content (AvgIpc) is 3.07. The lowest BCUT2D eigenvalue weighted by Crippen LogP contribution is -2.62. The molecule has 5 heterocycles. The van der Waals surface area contributed by atoms with Crippen molar-refractivity contribution in [2.24, 2.45) is 0 Å². The van der Waals surface area contributed by atoms with Crippen molar-refractivity contribution in [2.45, 2.75) is 18.8 Å². The van der Waals surface area contributed by atoms with Crippen LogP contribution in [0.25, 0.3) is 0 Å². The minimum atomic E-state index is -0.0329. The highest BCUT2D eigenvalue weighted by Crippen LogP contribution is 2.39. The van der Waals surface area contributed by atoms with Gasteiger partial charge < -0.3 is 29.3 Å². The summed E-state index contributed by atoms with van der Waals surface area (Å²) in [6.45, 7) is 11.1. The molecule has 4 aliphatic heterocycles. The summed E-state index contributed by atoms with van der Waals surface area (Å²) in [6.07, 6.45) is 3.21. The van der Waals surface area contributed by atoms with Gasteiger partial charge in [0.1, 0.15) is 18.2 Å². The van der Waals surface area contributed by atoms with E-state index in [0.717, 1.165) is 86.6 Å². The smallest absolute Gasteiger partial charge is 0.246 e. The van der Waals surface area contributed by atoms with Crippen LogP contribution < -0.4 is 15.0 Å². The monoisotopic (exact) mass is 477 g/mol. The predicted molar refractivity (Wildman–Crippen MR) is 132 cm³/mol. The number of benzene rings is 1. The predicted octanol–water partition coefficient (Wildman–Crippen LogP) is 2.32. The SMILES string of the molecule is C=CC(=O)N1CC(N2CCOC(c3ccc4c(c3)OCc3c(N5CCOCC5)ccnc3N4)C2)C1. The number of carbonyl (C=O) groups excluding carboxylic acids is 1. The van der Waals surface area contributed by atoms with Gasteiger partial charge in [0.15, 0.2) is 0 Å². The van der Waals surface area contributed by atoms with Crippen LogP contribution >= 0.6 is 0 Å². The van der Waals surface area contributed by atoms with E-state index >= 15 is 0 Å². The molecule has 1 aromatic carbocycles. The van der Waals surface area contributed by atoms with Crippen LogP contribution in [0, 0.1) is 0 Å². The Kier molecular flexibility index (Phi) is 6.05. The molecule has 1 amide bonds. The Balaban J connectivity index is 1.16. The van der Waals surface area contributed by atoms with E-state index in [1.54, 1.807) is 0 Å². The number of ether oxygens (including phenoxy) is 3. The molecule has 9 heteroatoms. The Bertz CT molecular complexity index is 1110. The number of amides is 1. The minimum absolute atomic E-state index is 0.00808. The van der Waals surface area contributed by atoms with E-state index in [9.17, 15) is 4.79 Å². The number of nitrogens with one attached hydrogen (secondary N) is 1. The van der Waals surface area contributed by atoms with Gasteiger partial charge in [0.25, 0.3) is 0 Å². The summed E-state index contributed by atoms with van der Waals surface area (Å²) < 4.78 is 18.0. The Morgan fingerprint density at radius 2 is 1.97 bits per heavy atom. The van der Waals surface area contributed by atoms with E-state index < -0.39 is 0 Å². The number of hydrogen-bond donors (Lipinski definition) is 1. The van der Waals surface area contributed by atoms with Crippen molar-refractivity contribution in [2.75, 3.05) is 69.3 Å². The van der Waals surface area contributed by atoms with E-state index in [-0.39, 0.29) is 12.0 Å². The molecule has 6 rings (SSSR count). The van der Waals surface area contributed by atoms with Gasteiger partial charge in [-0.1, -0.05) is 12.6 Å². The molecule has 35 heavy (non-hydrogen) atoms. The van der Waals surface area contributed by atoms with Crippen molar-refractivity contribution < 1.29 is 19.0 Å². The first-order valence-electron chi connectivity index (χ1n) is 12.3. The van der Waals surface area contributed by atoms with Gasteiger partial charge in [-0.15, -0.1) is 0 Å². The van der Waals surface area contributed by atoms with E-state index in [1.165, 1.54) is 6.08 Å². The highest BCUT2D eigenvalue weighted by molar-refractivity contribution is 5.87. The van der Waals surface area contributed by atoms with Crippen LogP contribution in [0.2, 0.25) is 0 Å². The number of anilines is 3. The third kappa shape index (κ3) is 4.35. The molecule has 0 spiro atoms. The Morgan fingerprint density at radius 3 is 2.80 bits per heavy atom. The fourth-order valence-electron chi connectivity index (χ4n) is 5.27. The number of carbonyl (C=O) groups is 1. The molecule has 1 atom stereocenters. The molecule has 0 bridgehead atoms. The summed E-state index contributed by atoms with van der Waals surface area (Å²) in [5, 5.41) is 3.49.